The van der Waals surface area contributed by atoms with Crippen LogP contribution in [0.5, 0.6) is 0 Å². The van der Waals surface area contributed by atoms with E-state index in [0.717, 1.165) is 5.56 Å². The molecule has 4 nitrogen and oxygen atoms in total. The lowest BCUT2D eigenvalue weighted by Crippen LogP contribution is -2.39. The smallest absolute Gasteiger partial charge is 0.235 e. The van der Waals surface area contributed by atoms with E-state index in [9.17, 15) is 13.2 Å². The first-order valence-electron chi connectivity index (χ1n) is 6.75. The Kier molecular flexibility index (Phi) is 5.74. The van der Waals surface area contributed by atoms with Crippen molar-refractivity contribution in [2.24, 2.45) is 5.92 Å². The van der Waals surface area contributed by atoms with E-state index in [0.29, 0.717) is 5.56 Å². The zero-order valence-corrected chi connectivity index (χ0v) is 13.3. The topological polar surface area (TPSA) is 63.2 Å². The Morgan fingerprint density at radius 2 is 1.70 bits per heavy atom. The zero-order chi connectivity index (χ0) is 15.3. The predicted octanol–water partition coefficient (Wildman–Crippen LogP) is 2.07. The molecular weight excluding hydrogens is 274 g/mol. The molecular formula is C15H23NO3S. The van der Waals surface area contributed by atoms with Gasteiger partial charge in [-0.25, -0.2) is 8.42 Å². The molecule has 1 N–H and O–H groups in total. The van der Waals surface area contributed by atoms with Crippen LogP contribution >= 0.6 is 0 Å². The highest BCUT2D eigenvalue weighted by atomic mass is 32.2. The van der Waals surface area contributed by atoms with Gasteiger partial charge < -0.3 is 5.32 Å². The molecule has 1 aromatic carbocycles. The van der Waals surface area contributed by atoms with Crippen molar-refractivity contribution in [2.45, 2.75) is 39.5 Å². The Hall–Kier alpha value is -1.36. The summed E-state index contributed by atoms with van der Waals surface area (Å²) in [7, 11) is -3.43. The van der Waals surface area contributed by atoms with Crippen LogP contribution in [0.2, 0.25) is 0 Å². The number of hydrogen-bond donors (Lipinski definition) is 1. The van der Waals surface area contributed by atoms with Gasteiger partial charge in [0.25, 0.3) is 0 Å². The molecule has 0 bridgehead atoms. The third kappa shape index (κ3) is 5.74. The fourth-order valence-electron chi connectivity index (χ4n) is 1.65. The highest BCUT2D eigenvalue weighted by Gasteiger charge is 2.19. The minimum Gasteiger partial charge on any atom is -0.353 e. The number of rotatable bonds is 6. The van der Waals surface area contributed by atoms with Gasteiger partial charge in [0.2, 0.25) is 5.91 Å². The van der Waals surface area contributed by atoms with Crippen molar-refractivity contribution in [3.05, 3.63) is 35.4 Å². The summed E-state index contributed by atoms with van der Waals surface area (Å²) in [4.78, 5) is 11.7. The van der Waals surface area contributed by atoms with Crippen LogP contribution in [0.1, 0.15) is 31.9 Å². The summed E-state index contributed by atoms with van der Waals surface area (Å²) in [6.45, 7) is 7.77. The molecule has 0 radical (unpaired) electrons. The molecule has 0 heterocycles. The van der Waals surface area contributed by atoms with Crippen molar-refractivity contribution in [2.75, 3.05) is 5.75 Å². The number of benzene rings is 1. The van der Waals surface area contributed by atoms with Crippen molar-refractivity contribution in [1.29, 1.82) is 0 Å². The fourth-order valence-corrected chi connectivity index (χ4v) is 2.94. The van der Waals surface area contributed by atoms with Crippen molar-refractivity contribution < 1.29 is 13.2 Å². The molecule has 5 heteroatoms. The van der Waals surface area contributed by atoms with Gasteiger partial charge >= 0.3 is 0 Å². The summed E-state index contributed by atoms with van der Waals surface area (Å²) in [6.07, 6.45) is 0. The Morgan fingerprint density at radius 1 is 1.15 bits per heavy atom. The van der Waals surface area contributed by atoms with Gasteiger partial charge in [-0.1, -0.05) is 43.7 Å². The monoisotopic (exact) mass is 297 g/mol. The zero-order valence-electron chi connectivity index (χ0n) is 12.5. The SMILES string of the molecule is Cc1ccc(CS(=O)(=O)CC(=O)NC(C)C(C)C)cc1. The summed E-state index contributed by atoms with van der Waals surface area (Å²) >= 11 is 0. The van der Waals surface area contributed by atoms with Crippen molar-refractivity contribution in [3.8, 4) is 0 Å². The average molecular weight is 297 g/mol. The van der Waals surface area contributed by atoms with Gasteiger partial charge in [0.1, 0.15) is 5.75 Å². The first-order chi connectivity index (χ1) is 9.19. The second kappa shape index (κ2) is 6.88. The van der Waals surface area contributed by atoms with E-state index in [4.69, 9.17) is 0 Å². The van der Waals surface area contributed by atoms with Crippen LogP contribution in [-0.2, 0) is 20.4 Å². The lowest BCUT2D eigenvalue weighted by molar-refractivity contribution is -0.119. The third-order valence-corrected chi connectivity index (χ3v) is 4.72. The molecule has 0 saturated heterocycles. The molecule has 112 valence electrons. The third-order valence-electron chi connectivity index (χ3n) is 3.25. The number of carbonyl (C=O) groups excluding carboxylic acids is 1. The van der Waals surface area contributed by atoms with E-state index in [-0.39, 0.29) is 17.7 Å². The summed E-state index contributed by atoms with van der Waals surface area (Å²) in [6, 6.07) is 7.26. The number of carbonyl (C=O) groups is 1. The predicted molar refractivity (Wildman–Crippen MR) is 81.1 cm³/mol. The minimum absolute atomic E-state index is 0.0305. The first kappa shape index (κ1) is 16.7. The number of nitrogens with one attached hydrogen (secondary N) is 1. The highest BCUT2D eigenvalue weighted by molar-refractivity contribution is 7.91. The van der Waals surface area contributed by atoms with Gasteiger partial charge in [0.05, 0.1) is 5.75 Å². The Morgan fingerprint density at radius 3 is 2.20 bits per heavy atom. The second-order valence-electron chi connectivity index (χ2n) is 5.62. The quantitative estimate of drug-likeness (QED) is 0.874. The van der Waals surface area contributed by atoms with Gasteiger partial charge in [-0.15, -0.1) is 0 Å². The van der Waals surface area contributed by atoms with Crippen LogP contribution in [0.4, 0.5) is 0 Å². The first-order valence-corrected chi connectivity index (χ1v) is 8.57. The molecule has 0 aliphatic rings. The van der Waals surface area contributed by atoms with Crippen LogP contribution in [-0.4, -0.2) is 26.1 Å². The van der Waals surface area contributed by atoms with Crippen molar-refractivity contribution >= 4 is 15.7 Å². The number of aryl methyl sites for hydroxylation is 1. The van der Waals surface area contributed by atoms with Gasteiger partial charge in [0, 0.05) is 6.04 Å². The molecule has 0 fully saturated rings. The Balaban J connectivity index is 2.61. The molecule has 1 unspecified atom stereocenters. The average Bonchev–Trinajstić information content (AvgIpc) is 2.30. The summed E-state index contributed by atoms with van der Waals surface area (Å²) in [5.74, 6) is -0.716. The molecule has 0 saturated carbocycles. The maximum atomic E-state index is 12.0. The molecule has 0 aliphatic heterocycles. The van der Waals surface area contributed by atoms with Crippen molar-refractivity contribution in [3.63, 3.8) is 0 Å². The highest BCUT2D eigenvalue weighted by Crippen LogP contribution is 2.09. The van der Waals surface area contributed by atoms with Crippen LogP contribution in [0, 0.1) is 12.8 Å². The maximum absolute atomic E-state index is 12.0. The van der Waals surface area contributed by atoms with E-state index in [1.807, 2.05) is 39.8 Å². The van der Waals surface area contributed by atoms with Gasteiger partial charge in [-0.05, 0) is 25.3 Å². The van der Waals surface area contributed by atoms with E-state index in [1.54, 1.807) is 12.1 Å². The van der Waals surface area contributed by atoms with Crippen molar-refractivity contribution in [1.82, 2.24) is 5.32 Å². The fraction of sp³-hybridized carbons (Fsp3) is 0.533. The molecule has 20 heavy (non-hydrogen) atoms. The van der Waals surface area contributed by atoms with E-state index in [2.05, 4.69) is 5.32 Å². The molecule has 0 spiro atoms. The maximum Gasteiger partial charge on any atom is 0.235 e. The normalized spacial score (nSPS) is 13.2. The molecule has 1 aromatic rings. The molecule has 1 amide bonds. The standard InChI is InChI=1S/C15H23NO3S/c1-11(2)13(4)16-15(17)10-20(18,19)9-14-7-5-12(3)6-8-14/h5-8,11,13H,9-10H2,1-4H3,(H,16,17). The second-order valence-corrected chi connectivity index (χ2v) is 7.68. The van der Waals surface area contributed by atoms with Gasteiger partial charge in [0.15, 0.2) is 9.84 Å². The Labute approximate surface area is 121 Å². The summed E-state index contributed by atoms with van der Waals surface area (Å²) in [5.41, 5.74) is 1.79. The number of hydrogen-bond acceptors (Lipinski definition) is 3. The number of sulfone groups is 1. The van der Waals surface area contributed by atoms with Crippen LogP contribution in [0.3, 0.4) is 0 Å². The Bertz CT molecular complexity index is 547. The van der Waals surface area contributed by atoms with Crippen LogP contribution < -0.4 is 5.32 Å². The molecule has 1 atom stereocenters. The van der Waals surface area contributed by atoms with E-state index in [1.165, 1.54) is 0 Å². The molecule has 0 aromatic heterocycles. The molecule has 1 rings (SSSR count). The largest absolute Gasteiger partial charge is 0.353 e. The van der Waals surface area contributed by atoms with Gasteiger partial charge in [-0.2, -0.15) is 0 Å². The van der Waals surface area contributed by atoms with E-state index >= 15 is 0 Å². The molecule has 0 aliphatic carbocycles. The van der Waals surface area contributed by atoms with Gasteiger partial charge in [-0.3, -0.25) is 4.79 Å². The lowest BCUT2D eigenvalue weighted by Gasteiger charge is -2.17. The lowest BCUT2D eigenvalue weighted by atomic mass is 10.1. The summed E-state index contributed by atoms with van der Waals surface area (Å²) < 4.78 is 24.0. The summed E-state index contributed by atoms with van der Waals surface area (Å²) in [5, 5.41) is 2.71. The minimum atomic E-state index is -3.43. The van der Waals surface area contributed by atoms with Crippen LogP contribution in [0.15, 0.2) is 24.3 Å². The number of amides is 1. The van der Waals surface area contributed by atoms with E-state index < -0.39 is 21.5 Å². The van der Waals surface area contributed by atoms with Crippen LogP contribution in [0.25, 0.3) is 0 Å².